The second-order valence-corrected chi connectivity index (χ2v) is 9.25. The number of halogens is 2. The van der Waals surface area contributed by atoms with Gasteiger partial charge >= 0.3 is 0 Å². The van der Waals surface area contributed by atoms with E-state index in [0.29, 0.717) is 43.4 Å². The molecule has 0 radical (unpaired) electrons. The van der Waals surface area contributed by atoms with Gasteiger partial charge in [0.2, 0.25) is 5.95 Å². The number of nitrogens with two attached hydrogens (primary N) is 1. The lowest BCUT2D eigenvalue weighted by molar-refractivity contribution is 0.198. The molecule has 2 saturated heterocycles. The smallest absolute Gasteiger partial charge is 0.224 e. The van der Waals surface area contributed by atoms with Gasteiger partial charge in [-0.3, -0.25) is 4.90 Å². The van der Waals surface area contributed by atoms with Crippen LogP contribution in [-0.4, -0.2) is 81.7 Å². The molecule has 1 aromatic carbocycles. The molecule has 0 bridgehead atoms. The number of aromatic nitrogens is 4. The van der Waals surface area contributed by atoms with Crippen LogP contribution in [0.4, 0.5) is 26.2 Å². The van der Waals surface area contributed by atoms with Crippen molar-refractivity contribution in [2.45, 2.75) is 19.4 Å². The number of anilines is 3. The minimum absolute atomic E-state index is 0.163. The monoisotopic (exact) mass is 496 g/mol. The normalized spacial score (nSPS) is 19.1. The molecule has 0 spiro atoms. The zero-order valence-electron chi connectivity index (χ0n) is 20.2. The molecule has 2 fully saturated rings. The number of hydrogen-bond acceptors (Lipinski definition) is 8. The Labute approximate surface area is 208 Å². The molecule has 1 atom stereocenters. The van der Waals surface area contributed by atoms with Gasteiger partial charge in [-0.1, -0.05) is 12.2 Å². The first-order chi connectivity index (χ1) is 17.4. The zero-order valence-corrected chi connectivity index (χ0v) is 20.2. The number of β-amino-alcohol motifs (C(OH)–C–C–N with tert-alkyl or cyclic N) is 1. The molecule has 2 aliphatic heterocycles. The van der Waals surface area contributed by atoms with Crippen LogP contribution < -0.4 is 15.5 Å². The third kappa shape index (κ3) is 5.31. The number of aliphatic hydroxyl groups is 1. The Bertz CT molecular complexity index is 1230. The number of nitrogens with zero attached hydrogens (tertiary/aromatic N) is 7. The Balaban J connectivity index is 1.21. The van der Waals surface area contributed by atoms with E-state index in [1.54, 1.807) is 10.9 Å². The first kappa shape index (κ1) is 24.1. The van der Waals surface area contributed by atoms with Crippen LogP contribution in [0, 0.1) is 18.6 Å². The standard InChI is InChI=1S/C25H30F2N8O/c1-17-18(3-2-5-32-7-9-33(10-8-32)21-12-19(26)11-20(27)13-21)15-29-35(17)24-14-23(30-25(28)31-24)34-6-4-22(36)16-34/h2-3,11-15,22,36H,4-10,16H2,1H3,(H2,28,30,31)/b3-2+. The Hall–Kier alpha value is -3.57. The highest BCUT2D eigenvalue weighted by molar-refractivity contribution is 5.54. The molecule has 190 valence electrons. The largest absolute Gasteiger partial charge is 0.391 e. The second kappa shape index (κ2) is 10.2. The quantitative estimate of drug-likeness (QED) is 0.536. The van der Waals surface area contributed by atoms with Gasteiger partial charge in [-0.2, -0.15) is 15.1 Å². The van der Waals surface area contributed by atoms with E-state index in [1.165, 1.54) is 12.1 Å². The van der Waals surface area contributed by atoms with Crippen LogP contribution in [-0.2, 0) is 0 Å². The fourth-order valence-electron chi connectivity index (χ4n) is 4.72. The van der Waals surface area contributed by atoms with E-state index < -0.39 is 11.6 Å². The van der Waals surface area contributed by atoms with Gasteiger partial charge < -0.3 is 20.6 Å². The van der Waals surface area contributed by atoms with Gasteiger partial charge in [-0.15, -0.1) is 0 Å². The van der Waals surface area contributed by atoms with Crippen LogP contribution in [0.5, 0.6) is 0 Å². The summed E-state index contributed by atoms with van der Waals surface area (Å²) in [7, 11) is 0. The van der Waals surface area contributed by atoms with Crippen LogP contribution in [0.15, 0.2) is 36.5 Å². The van der Waals surface area contributed by atoms with Crippen LogP contribution in [0.3, 0.4) is 0 Å². The minimum atomic E-state index is -0.554. The van der Waals surface area contributed by atoms with Crippen molar-refractivity contribution in [1.29, 1.82) is 0 Å². The maximum Gasteiger partial charge on any atom is 0.224 e. The van der Waals surface area contributed by atoms with Crippen molar-refractivity contribution in [3.8, 4) is 5.82 Å². The number of aliphatic hydroxyl groups excluding tert-OH is 1. The van der Waals surface area contributed by atoms with Gasteiger partial charge in [0.1, 0.15) is 17.5 Å². The Morgan fingerprint density at radius 1 is 1.00 bits per heavy atom. The van der Waals surface area contributed by atoms with Crippen molar-refractivity contribution in [3.63, 3.8) is 0 Å². The Kier molecular flexibility index (Phi) is 6.84. The Morgan fingerprint density at radius 3 is 2.42 bits per heavy atom. The molecule has 36 heavy (non-hydrogen) atoms. The summed E-state index contributed by atoms with van der Waals surface area (Å²) < 4.78 is 28.8. The Morgan fingerprint density at radius 2 is 1.72 bits per heavy atom. The van der Waals surface area contributed by atoms with Crippen LogP contribution in [0.1, 0.15) is 17.7 Å². The molecule has 11 heteroatoms. The highest BCUT2D eigenvalue weighted by atomic mass is 19.1. The predicted molar refractivity (Wildman–Crippen MR) is 135 cm³/mol. The van der Waals surface area contributed by atoms with Crippen molar-refractivity contribution >= 4 is 23.5 Å². The predicted octanol–water partition coefficient (Wildman–Crippen LogP) is 2.24. The molecule has 9 nitrogen and oxygen atoms in total. The van der Waals surface area contributed by atoms with Gasteiger partial charge in [-0.25, -0.2) is 13.5 Å². The molecule has 3 N–H and O–H groups in total. The minimum Gasteiger partial charge on any atom is -0.391 e. The summed E-state index contributed by atoms with van der Waals surface area (Å²) in [4.78, 5) is 15.0. The molecule has 0 amide bonds. The first-order valence-electron chi connectivity index (χ1n) is 12.1. The topological polar surface area (TPSA) is 99.6 Å². The van der Waals surface area contributed by atoms with Crippen molar-refractivity contribution in [1.82, 2.24) is 24.6 Å². The number of nitrogen functional groups attached to an aromatic ring is 1. The summed E-state index contributed by atoms with van der Waals surface area (Å²) in [5.74, 6) is 0.321. The molecule has 1 unspecified atom stereocenters. The lowest BCUT2D eigenvalue weighted by atomic mass is 10.2. The summed E-state index contributed by atoms with van der Waals surface area (Å²) in [6, 6.07) is 5.49. The van der Waals surface area contributed by atoms with Crippen molar-refractivity contribution in [3.05, 3.63) is 59.4 Å². The fraction of sp³-hybridized carbons (Fsp3) is 0.400. The second-order valence-electron chi connectivity index (χ2n) is 9.25. The maximum atomic E-state index is 13.5. The molecule has 0 aliphatic carbocycles. The molecule has 4 heterocycles. The third-order valence-corrected chi connectivity index (χ3v) is 6.71. The number of rotatable bonds is 6. The average molecular weight is 497 g/mol. The van der Waals surface area contributed by atoms with Gasteiger partial charge in [0.15, 0.2) is 5.82 Å². The molecular formula is C25H30F2N8O. The molecule has 5 rings (SSSR count). The molecule has 3 aromatic rings. The van der Waals surface area contributed by atoms with Crippen molar-refractivity contribution in [2.75, 3.05) is 61.3 Å². The van der Waals surface area contributed by atoms with Crippen LogP contribution in [0.2, 0.25) is 0 Å². The first-order valence-corrected chi connectivity index (χ1v) is 12.1. The summed E-state index contributed by atoms with van der Waals surface area (Å²) >= 11 is 0. The van der Waals surface area contributed by atoms with Gasteiger partial charge in [-0.05, 0) is 25.5 Å². The summed E-state index contributed by atoms with van der Waals surface area (Å²) in [5.41, 5.74) is 8.45. The van der Waals surface area contributed by atoms with E-state index in [1.807, 2.05) is 28.9 Å². The molecule has 2 aromatic heterocycles. The summed E-state index contributed by atoms with van der Waals surface area (Å²) in [5, 5.41) is 14.4. The lowest BCUT2D eigenvalue weighted by Gasteiger charge is -2.35. The molecule has 0 saturated carbocycles. The van der Waals surface area contributed by atoms with E-state index in [4.69, 9.17) is 5.73 Å². The average Bonchev–Trinajstić information content (AvgIpc) is 3.44. The fourth-order valence-corrected chi connectivity index (χ4v) is 4.72. The summed E-state index contributed by atoms with van der Waals surface area (Å²) in [6.45, 7) is 6.99. The molecular weight excluding hydrogens is 466 g/mol. The van der Waals surface area contributed by atoms with E-state index in [0.717, 1.165) is 43.5 Å². The van der Waals surface area contributed by atoms with E-state index in [-0.39, 0.29) is 12.1 Å². The number of benzene rings is 1. The van der Waals surface area contributed by atoms with E-state index in [2.05, 4.69) is 26.0 Å². The van der Waals surface area contributed by atoms with Crippen LogP contribution >= 0.6 is 0 Å². The highest BCUT2D eigenvalue weighted by Gasteiger charge is 2.23. The van der Waals surface area contributed by atoms with Gasteiger partial charge in [0.05, 0.1) is 18.0 Å². The lowest BCUT2D eigenvalue weighted by Crippen LogP contribution is -2.46. The van der Waals surface area contributed by atoms with E-state index in [9.17, 15) is 13.9 Å². The number of hydrogen-bond donors (Lipinski definition) is 2. The molecule has 2 aliphatic rings. The van der Waals surface area contributed by atoms with Crippen molar-refractivity contribution in [2.24, 2.45) is 0 Å². The summed E-state index contributed by atoms with van der Waals surface area (Å²) in [6.07, 6.45) is 6.26. The maximum absolute atomic E-state index is 13.5. The SMILES string of the molecule is Cc1c(/C=C/CN2CCN(c3cc(F)cc(F)c3)CC2)cnn1-c1cc(N2CCC(O)C2)nc(N)n1. The highest BCUT2D eigenvalue weighted by Crippen LogP contribution is 2.23. The van der Waals surface area contributed by atoms with Crippen LogP contribution in [0.25, 0.3) is 11.9 Å². The number of piperazine rings is 1. The van der Waals surface area contributed by atoms with Crippen molar-refractivity contribution < 1.29 is 13.9 Å². The third-order valence-electron chi connectivity index (χ3n) is 6.71. The van der Waals surface area contributed by atoms with E-state index >= 15 is 0 Å². The zero-order chi connectivity index (χ0) is 25.2. The van der Waals surface area contributed by atoms with Gasteiger partial charge in [0.25, 0.3) is 0 Å². The van der Waals surface area contributed by atoms with Gasteiger partial charge in [0, 0.05) is 69.2 Å².